The SMILES string of the molecule is Cl.Cl.NS(=O)(=O)CC1CNCC1c1ccccn1. The Balaban J connectivity index is 0.00000144. The Morgan fingerprint density at radius 2 is 2.06 bits per heavy atom. The molecule has 2 atom stereocenters. The van der Waals surface area contributed by atoms with Gasteiger partial charge in [-0.05, 0) is 24.6 Å². The quantitative estimate of drug-likeness (QED) is 0.852. The lowest BCUT2D eigenvalue weighted by Crippen LogP contribution is -2.27. The number of hydrogen-bond acceptors (Lipinski definition) is 4. The zero-order valence-corrected chi connectivity index (χ0v) is 12.1. The number of primary sulfonamides is 1. The Hall–Kier alpha value is -0.400. The summed E-state index contributed by atoms with van der Waals surface area (Å²) >= 11 is 0. The Morgan fingerprint density at radius 3 is 2.61 bits per heavy atom. The van der Waals surface area contributed by atoms with Crippen LogP contribution >= 0.6 is 24.8 Å². The van der Waals surface area contributed by atoms with Crippen molar-refractivity contribution in [3.05, 3.63) is 30.1 Å². The predicted octanol–water partition coefficient (Wildman–Crippen LogP) is 0.517. The van der Waals surface area contributed by atoms with E-state index in [1.54, 1.807) is 6.20 Å². The molecule has 0 saturated carbocycles. The molecule has 1 aromatic rings. The minimum atomic E-state index is -3.42. The summed E-state index contributed by atoms with van der Waals surface area (Å²) in [6, 6.07) is 5.68. The zero-order chi connectivity index (χ0) is 11.6. The molecule has 1 aromatic heterocycles. The van der Waals surface area contributed by atoms with Gasteiger partial charge in [0.25, 0.3) is 0 Å². The minimum Gasteiger partial charge on any atom is -0.316 e. The van der Waals surface area contributed by atoms with Gasteiger partial charge in [0.05, 0.1) is 5.75 Å². The van der Waals surface area contributed by atoms with Crippen LogP contribution in [-0.2, 0) is 10.0 Å². The van der Waals surface area contributed by atoms with Gasteiger partial charge in [-0.15, -0.1) is 24.8 Å². The molecule has 1 fully saturated rings. The van der Waals surface area contributed by atoms with E-state index < -0.39 is 10.0 Å². The van der Waals surface area contributed by atoms with Gasteiger partial charge in [0, 0.05) is 24.4 Å². The summed E-state index contributed by atoms with van der Waals surface area (Å²) in [5.41, 5.74) is 0.932. The average Bonchev–Trinajstić information content (AvgIpc) is 2.64. The molecular formula is C10H17Cl2N3O2S. The molecule has 1 aliphatic rings. The van der Waals surface area contributed by atoms with Crippen LogP contribution in [0, 0.1) is 5.92 Å². The van der Waals surface area contributed by atoms with E-state index in [-0.39, 0.29) is 42.4 Å². The first-order valence-corrected chi connectivity index (χ1v) is 6.90. The van der Waals surface area contributed by atoms with Crippen LogP contribution in [0.2, 0.25) is 0 Å². The van der Waals surface area contributed by atoms with Crippen molar-refractivity contribution in [2.24, 2.45) is 11.1 Å². The van der Waals surface area contributed by atoms with E-state index >= 15 is 0 Å². The highest BCUT2D eigenvalue weighted by Gasteiger charge is 2.31. The highest BCUT2D eigenvalue weighted by atomic mass is 35.5. The van der Waals surface area contributed by atoms with Gasteiger partial charge in [0.2, 0.25) is 10.0 Å². The lowest BCUT2D eigenvalue weighted by molar-refractivity contribution is 0.536. The summed E-state index contributed by atoms with van der Waals surface area (Å²) in [6.45, 7) is 1.44. The molecule has 0 amide bonds. The predicted molar refractivity (Wildman–Crippen MR) is 75.8 cm³/mol. The largest absolute Gasteiger partial charge is 0.316 e. The molecule has 0 radical (unpaired) electrons. The van der Waals surface area contributed by atoms with Crippen molar-refractivity contribution in [2.45, 2.75) is 5.92 Å². The topological polar surface area (TPSA) is 85.1 Å². The van der Waals surface area contributed by atoms with Gasteiger partial charge in [-0.3, -0.25) is 4.98 Å². The van der Waals surface area contributed by atoms with Gasteiger partial charge in [-0.1, -0.05) is 6.07 Å². The lowest BCUT2D eigenvalue weighted by Gasteiger charge is -2.16. The first-order chi connectivity index (χ1) is 7.56. The highest BCUT2D eigenvalue weighted by Crippen LogP contribution is 2.27. The van der Waals surface area contributed by atoms with Crippen LogP contribution in [0.5, 0.6) is 0 Å². The van der Waals surface area contributed by atoms with Crippen LogP contribution in [0.1, 0.15) is 11.6 Å². The zero-order valence-electron chi connectivity index (χ0n) is 9.65. The maximum absolute atomic E-state index is 11.1. The Labute approximate surface area is 119 Å². The molecule has 18 heavy (non-hydrogen) atoms. The molecule has 2 rings (SSSR count). The van der Waals surface area contributed by atoms with Gasteiger partial charge in [0.15, 0.2) is 0 Å². The third kappa shape index (κ3) is 4.70. The molecule has 2 unspecified atom stereocenters. The number of halogens is 2. The first-order valence-electron chi connectivity index (χ1n) is 5.18. The summed E-state index contributed by atoms with van der Waals surface area (Å²) in [7, 11) is -3.42. The molecule has 0 bridgehead atoms. The van der Waals surface area contributed by atoms with E-state index in [0.717, 1.165) is 12.2 Å². The monoisotopic (exact) mass is 313 g/mol. The summed E-state index contributed by atoms with van der Waals surface area (Å²) in [6.07, 6.45) is 1.72. The van der Waals surface area contributed by atoms with Crippen molar-refractivity contribution in [1.29, 1.82) is 0 Å². The Kier molecular flexibility index (Phi) is 7.09. The third-order valence-corrected chi connectivity index (χ3v) is 3.75. The van der Waals surface area contributed by atoms with Gasteiger partial charge in [0.1, 0.15) is 0 Å². The number of nitrogens with zero attached hydrogens (tertiary/aromatic N) is 1. The van der Waals surface area contributed by atoms with E-state index in [9.17, 15) is 8.42 Å². The molecule has 0 aliphatic carbocycles. The lowest BCUT2D eigenvalue weighted by atomic mass is 9.94. The van der Waals surface area contributed by atoms with Crippen molar-refractivity contribution < 1.29 is 8.42 Å². The van der Waals surface area contributed by atoms with E-state index in [0.29, 0.717) is 6.54 Å². The molecule has 0 aromatic carbocycles. The van der Waals surface area contributed by atoms with Crippen molar-refractivity contribution in [2.75, 3.05) is 18.8 Å². The van der Waals surface area contributed by atoms with E-state index in [1.165, 1.54) is 0 Å². The number of nitrogens with one attached hydrogen (secondary N) is 1. The number of pyridine rings is 1. The standard InChI is InChI=1S/C10H15N3O2S.2ClH/c11-16(14,15)7-8-5-12-6-9(8)10-3-1-2-4-13-10;;/h1-4,8-9,12H,5-7H2,(H2,11,14,15);2*1H. The second kappa shape index (κ2) is 7.25. The summed E-state index contributed by atoms with van der Waals surface area (Å²) in [4.78, 5) is 4.27. The summed E-state index contributed by atoms with van der Waals surface area (Å²) in [5, 5.41) is 8.26. The normalized spacial score (nSPS) is 22.9. The fraction of sp³-hybridized carbons (Fsp3) is 0.500. The van der Waals surface area contributed by atoms with Crippen LogP contribution in [0.3, 0.4) is 0 Å². The van der Waals surface area contributed by atoms with Crippen molar-refractivity contribution in [3.8, 4) is 0 Å². The maximum Gasteiger partial charge on any atom is 0.209 e. The first kappa shape index (κ1) is 17.6. The second-order valence-corrected chi connectivity index (χ2v) is 5.77. The van der Waals surface area contributed by atoms with Crippen LogP contribution in [0.15, 0.2) is 24.4 Å². The molecule has 0 spiro atoms. The summed E-state index contributed by atoms with van der Waals surface area (Å²) < 4.78 is 22.2. The molecule has 1 aliphatic heterocycles. The Bertz CT molecular complexity index is 455. The van der Waals surface area contributed by atoms with Crippen molar-refractivity contribution in [3.63, 3.8) is 0 Å². The number of hydrogen-bond donors (Lipinski definition) is 2. The van der Waals surface area contributed by atoms with E-state index in [2.05, 4.69) is 10.3 Å². The minimum absolute atomic E-state index is 0. The molecule has 1 saturated heterocycles. The Morgan fingerprint density at radius 1 is 1.33 bits per heavy atom. The molecule has 3 N–H and O–H groups in total. The fourth-order valence-corrected chi connectivity index (χ4v) is 3.09. The third-order valence-electron chi connectivity index (χ3n) is 2.85. The second-order valence-electron chi connectivity index (χ2n) is 4.11. The van der Waals surface area contributed by atoms with Gasteiger partial charge < -0.3 is 5.32 Å². The van der Waals surface area contributed by atoms with Crippen LogP contribution < -0.4 is 10.5 Å². The fourth-order valence-electron chi connectivity index (χ4n) is 2.15. The van der Waals surface area contributed by atoms with Crippen LogP contribution in [0.4, 0.5) is 0 Å². The molecule has 104 valence electrons. The molecule has 2 heterocycles. The molecular weight excluding hydrogens is 297 g/mol. The van der Waals surface area contributed by atoms with Crippen LogP contribution in [-0.4, -0.2) is 32.2 Å². The molecule has 8 heteroatoms. The smallest absolute Gasteiger partial charge is 0.209 e. The number of rotatable bonds is 3. The van der Waals surface area contributed by atoms with Gasteiger partial charge in [-0.2, -0.15) is 0 Å². The average molecular weight is 314 g/mol. The summed E-state index contributed by atoms with van der Waals surface area (Å²) in [5.74, 6) is 0.172. The molecule has 5 nitrogen and oxygen atoms in total. The maximum atomic E-state index is 11.1. The highest BCUT2D eigenvalue weighted by molar-refractivity contribution is 7.89. The van der Waals surface area contributed by atoms with Crippen molar-refractivity contribution >= 4 is 34.8 Å². The number of nitrogens with two attached hydrogens (primary N) is 1. The number of aromatic nitrogens is 1. The van der Waals surface area contributed by atoms with Crippen LogP contribution in [0.25, 0.3) is 0 Å². The van der Waals surface area contributed by atoms with E-state index in [1.807, 2.05) is 18.2 Å². The number of sulfonamides is 1. The van der Waals surface area contributed by atoms with Crippen molar-refractivity contribution in [1.82, 2.24) is 10.3 Å². The van der Waals surface area contributed by atoms with E-state index in [4.69, 9.17) is 5.14 Å². The van der Waals surface area contributed by atoms with Gasteiger partial charge in [-0.25, -0.2) is 13.6 Å². The van der Waals surface area contributed by atoms with Gasteiger partial charge >= 0.3 is 0 Å².